The second-order valence-electron chi connectivity index (χ2n) is 5.22. The van der Waals surface area contributed by atoms with Gasteiger partial charge in [-0.15, -0.1) is 0 Å². The highest BCUT2D eigenvalue weighted by Gasteiger charge is 2.21. The molecule has 8 heteroatoms. The van der Waals surface area contributed by atoms with Crippen LogP contribution in [-0.4, -0.2) is 46.6 Å². The van der Waals surface area contributed by atoms with Gasteiger partial charge >= 0.3 is 5.97 Å². The zero-order valence-electron chi connectivity index (χ0n) is 13.3. The summed E-state index contributed by atoms with van der Waals surface area (Å²) in [5, 5.41) is 7.76. The van der Waals surface area contributed by atoms with Gasteiger partial charge in [0.05, 0.1) is 7.11 Å². The van der Waals surface area contributed by atoms with E-state index in [9.17, 15) is 9.59 Å². The fourth-order valence-corrected chi connectivity index (χ4v) is 2.62. The van der Waals surface area contributed by atoms with Gasteiger partial charge in [-0.25, -0.2) is 0 Å². The number of methoxy groups -OCH3 is 1. The molecule has 0 aliphatic carbocycles. The van der Waals surface area contributed by atoms with Crippen LogP contribution in [0.1, 0.15) is 26.2 Å². The maximum atomic E-state index is 12.3. The normalized spacial score (nSPS) is 10.8. The third-order valence-corrected chi connectivity index (χ3v) is 3.95. The molecule has 2 aromatic rings. The molecular formula is C15H19N3O4S. The predicted octanol–water partition coefficient (Wildman–Crippen LogP) is 2.14. The fourth-order valence-electron chi connectivity index (χ4n) is 1.99. The van der Waals surface area contributed by atoms with Crippen LogP contribution in [0.25, 0.3) is 11.4 Å². The molecule has 0 atom stereocenters. The lowest BCUT2D eigenvalue weighted by Gasteiger charge is -2.25. The molecule has 0 fully saturated rings. The smallest absolute Gasteiger partial charge is 0.325 e. The van der Waals surface area contributed by atoms with E-state index in [1.807, 2.05) is 30.7 Å². The number of amides is 1. The number of hydrogen-bond donors (Lipinski definition) is 0. The number of carbonyl (C=O) groups is 2. The van der Waals surface area contributed by atoms with Crippen LogP contribution in [0.5, 0.6) is 0 Å². The number of aromatic nitrogens is 2. The molecule has 0 saturated carbocycles. The van der Waals surface area contributed by atoms with E-state index < -0.39 is 5.97 Å². The Bertz CT molecular complexity index is 651. The van der Waals surface area contributed by atoms with Gasteiger partial charge in [0.2, 0.25) is 17.6 Å². The first-order chi connectivity index (χ1) is 11.0. The number of nitrogens with zero attached hydrogens (tertiary/aromatic N) is 3. The van der Waals surface area contributed by atoms with E-state index in [1.54, 1.807) is 11.3 Å². The summed E-state index contributed by atoms with van der Waals surface area (Å²) in [6.07, 6.45) is 0.529. The van der Waals surface area contributed by atoms with Crippen molar-refractivity contribution in [2.75, 3.05) is 13.7 Å². The van der Waals surface area contributed by atoms with Crippen LogP contribution in [0.3, 0.4) is 0 Å². The van der Waals surface area contributed by atoms with Crippen molar-refractivity contribution < 1.29 is 18.8 Å². The Morgan fingerprint density at radius 3 is 2.83 bits per heavy atom. The maximum absolute atomic E-state index is 12.3. The van der Waals surface area contributed by atoms with E-state index in [1.165, 1.54) is 12.0 Å². The lowest BCUT2D eigenvalue weighted by Crippen LogP contribution is -2.41. The number of aryl methyl sites for hydroxylation is 1. The van der Waals surface area contributed by atoms with Gasteiger partial charge in [-0.3, -0.25) is 9.59 Å². The van der Waals surface area contributed by atoms with E-state index in [0.717, 1.165) is 5.56 Å². The fraction of sp³-hybridized carbons (Fsp3) is 0.467. The summed E-state index contributed by atoms with van der Waals surface area (Å²) in [6, 6.07) is 1.81. The van der Waals surface area contributed by atoms with Crippen LogP contribution in [0, 0.1) is 0 Å². The van der Waals surface area contributed by atoms with Crippen LogP contribution < -0.4 is 0 Å². The summed E-state index contributed by atoms with van der Waals surface area (Å²) in [5.41, 5.74) is 0.894. The summed E-state index contributed by atoms with van der Waals surface area (Å²) in [7, 11) is 1.30. The minimum absolute atomic E-state index is 0.0585. The SMILES string of the molecule is COC(=O)CN(C(=O)CCc1nc(-c2ccsc2)no1)C(C)C. The standard InChI is InChI=1S/C15H19N3O4S/c1-10(2)18(8-14(20)21-3)13(19)5-4-12-16-15(17-22-12)11-6-7-23-9-11/h6-7,9-10H,4-5,8H2,1-3H3. The van der Waals surface area contributed by atoms with Gasteiger partial charge in [-0.2, -0.15) is 16.3 Å². The second-order valence-corrected chi connectivity index (χ2v) is 6.00. The molecule has 2 rings (SSSR count). The molecule has 0 aromatic carbocycles. The van der Waals surface area contributed by atoms with Gasteiger partial charge in [0.25, 0.3) is 0 Å². The van der Waals surface area contributed by atoms with Crippen LogP contribution in [0.4, 0.5) is 0 Å². The molecule has 0 spiro atoms. The number of rotatable bonds is 7. The molecule has 2 aromatic heterocycles. The zero-order valence-corrected chi connectivity index (χ0v) is 14.1. The first kappa shape index (κ1) is 17.1. The highest BCUT2D eigenvalue weighted by Crippen LogP contribution is 2.19. The third-order valence-electron chi connectivity index (χ3n) is 3.27. The molecule has 7 nitrogen and oxygen atoms in total. The molecule has 0 unspecified atom stereocenters. The Balaban J connectivity index is 1.93. The minimum Gasteiger partial charge on any atom is -0.468 e. The maximum Gasteiger partial charge on any atom is 0.325 e. The van der Waals surface area contributed by atoms with Crippen molar-refractivity contribution in [2.24, 2.45) is 0 Å². The highest BCUT2D eigenvalue weighted by atomic mass is 32.1. The van der Waals surface area contributed by atoms with Crippen molar-refractivity contribution in [1.29, 1.82) is 0 Å². The van der Waals surface area contributed by atoms with E-state index in [2.05, 4.69) is 14.9 Å². The van der Waals surface area contributed by atoms with Gasteiger partial charge in [0, 0.05) is 29.8 Å². The molecule has 0 aliphatic rings. The summed E-state index contributed by atoms with van der Waals surface area (Å²) < 4.78 is 9.78. The van der Waals surface area contributed by atoms with Crippen molar-refractivity contribution in [1.82, 2.24) is 15.0 Å². The van der Waals surface area contributed by atoms with Crippen LogP contribution in [0.2, 0.25) is 0 Å². The van der Waals surface area contributed by atoms with Crippen molar-refractivity contribution in [3.05, 3.63) is 22.7 Å². The van der Waals surface area contributed by atoms with Crippen LogP contribution >= 0.6 is 11.3 Å². The molecule has 0 aliphatic heterocycles. The van der Waals surface area contributed by atoms with Crippen molar-refractivity contribution in [3.8, 4) is 11.4 Å². The van der Waals surface area contributed by atoms with E-state index in [-0.39, 0.29) is 24.9 Å². The lowest BCUT2D eigenvalue weighted by molar-refractivity contribution is -0.148. The van der Waals surface area contributed by atoms with Crippen molar-refractivity contribution in [3.63, 3.8) is 0 Å². The number of esters is 1. The Hall–Kier alpha value is -2.22. The first-order valence-electron chi connectivity index (χ1n) is 7.22. The average molecular weight is 337 g/mol. The van der Waals surface area contributed by atoms with Crippen LogP contribution in [0.15, 0.2) is 21.3 Å². The predicted molar refractivity (Wildman–Crippen MR) is 84.8 cm³/mol. The number of carbonyl (C=O) groups excluding carboxylic acids is 2. The summed E-state index contributed by atoms with van der Waals surface area (Å²) in [4.78, 5) is 29.4. The summed E-state index contributed by atoms with van der Waals surface area (Å²) in [5.74, 6) is 0.329. The number of thiophene rings is 1. The third kappa shape index (κ3) is 4.62. The van der Waals surface area contributed by atoms with Gasteiger partial charge in [-0.1, -0.05) is 5.16 Å². The highest BCUT2D eigenvalue weighted by molar-refractivity contribution is 7.08. The van der Waals surface area contributed by atoms with Gasteiger partial charge < -0.3 is 14.2 Å². The molecule has 2 heterocycles. The molecule has 0 bridgehead atoms. The molecule has 0 saturated heterocycles. The van der Waals surface area contributed by atoms with E-state index in [0.29, 0.717) is 18.1 Å². The molecule has 1 amide bonds. The van der Waals surface area contributed by atoms with Gasteiger partial charge in [-0.05, 0) is 25.3 Å². The molecule has 0 radical (unpaired) electrons. The zero-order chi connectivity index (χ0) is 16.8. The summed E-state index contributed by atoms with van der Waals surface area (Å²) in [6.45, 7) is 3.64. The molecule has 23 heavy (non-hydrogen) atoms. The summed E-state index contributed by atoms with van der Waals surface area (Å²) >= 11 is 1.55. The van der Waals surface area contributed by atoms with E-state index >= 15 is 0 Å². The second kappa shape index (κ2) is 7.87. The number of ether oxygens (including phenoxy) is 1. The van der Waals surface area contributed by atoms with Crippen molar-refractivity contribution >= 4 is 23.2 Å². The number of hydrogen-bond acceptors (Lipinski definition) is 7. The Morgan fingerprint density at radius 2 is 2.22 bits per heavy atom. The Labute approximate surface area is 138 Å². The topological polar surface area (TPSA) is 85.5 Å². The first-order valence-corrected chi connectivity index (χ1v) is 8.17. The largest absolute Gasteiger partial charge is 0.468 e. The lowest BCUT2D eigenvalue weighted by atomic mass is 10.2. The van der Waals surface area contributed by atoms with Gasteiger partial charge in [0.1, 0.15) is 6.54 Å². The average Bonchev–Trinajstić information content (AvgIpc) is 3.20. The molecule has 124 valence electrons. The van der Waals surface area contributed by atoms with E-state index in [4.69, 9.17) is 4.52 Å². The van der Waals surface area contributed by atoms with Gasteiger partial charge in [0.15, 0.2) is 0 Å². The van der Waals surface area contributed by atoms with Crippen LogP contribution in [-0.2, 0) is 20.7 Å². The molecular weight excluding hydrogens is 318 g/mol. The van der Waals surface area contributed by atoms with Crippen molar-refractivity contribution in [2.45, 2.75) is 32.7 Å². The molecule has 0 N–H and O–H groups in total. The monoisotopic (exact) mass is 337 g/mol. The minimum atomic E-state index is -0.440. The Kier molecular flexibility index (Phi) is 5.86. The Morgan fingerprint density at radius 1 is 1.43 bits per heavy atom. The quantitative estimate of drug-likeness (QED) is 0.720.